The summed E-state index contributed by atoms with van der Waals surface area (Å²) in [4.78, 5) is 4.62. The molecule has 1 heterocycles. The fraction of sp³-hybridized carbons (Fsp3) is 0.500. The van der Waals surface area contributed by atoms with Crippen LogP contribution < -0.4 is 0 Å². The predicted molar refractivity (Wildman–Crippen MR) is 75.2 cm³/mol. The quantitative estimate of drug-likeness (QED) is 0.772. The standard InChI is InChI=1S/C14H19ClN2O/c1-4-11(9-18-3)17-13(8-15)16-12-7-5-6-10(2)14(12)17/h5-7,11H,4,8-9H2,1-3H3. The van der Waals surface area contributed by atoms with Crippen LogP contribution in [0.25, 0.3) is 11.0 Å². The van der Waals surface area contributed by atoms with Crippen molar-refractivity contribution in [2.45, 2.75) is 32.2 Å². The number of alkyl halides is 1. The Morgan fingerprint density at radius 1 is 1.44 bits per heavy atom. The van der Waals surface area contributed by atoms with E-state index in [0.717, 1.165) is 17.8 Å². The minimum atomic E-state index is 0.287. The summed E-state index contributed by atoms with van der Waals surface area (Å²) >= 11 is 6.03. The number of benzene rings is 1. The zero-order valence-corrected chi connectivity index (χ0v) is 11.9. The topological polar surface area (TPSA) is 27.1 Å². The van der Waals surface area contributed by atoms with Gasteiger partial charge in [-0.3, -0.25) is 0 Å². The monoisotopic (exact) mass is 266 g/mol. The number of fused-ring (bicyclic) bond motifs is 1. The Labute approximate surface area is 113 Å². The van der Waals surface area contributed by atoms with Gasteiger partial charge in [-0.2, -0.15) is 0 Å². The van der Waals surface area contributed by atoms with Crippen molar-refractivity contribution < 1.29 is 4.74 Å². The van der Waals surface area contributed by atoms with Gasteiger partial charge in [-0.1, -0.05) is 19.1 Å². The molecule has 0 aliphatic carbocycles. The number of ether oxygens (including phenoxy) is 1. The van der Waals surface area contributed by atoms with Crippen LogP contribution in [0.5, 0.6) is 0 Å². The maximum Gasteiger partial charge on any atom is 0.125 e. The molecule has 3 nitrogen and oxygen atoms in total. The van der Waals surface area contributed by atoms with Crippen LogP contribution in [-0.2, 0) is 10.6 Å². The Morgan fingerprint density at radius 2 is 2.22 bits per heavy atom. The highest BCUT2D eigenvalue weighted by Crippen LogP contribution is 2.26. The molecule has 18 heavy (non-hydrogen) atoms. The largest absolute Gasteiger partial charge is 0.383 e. The Hall–Kier alpha value is -1.06. The molecule has 1 aromatic heterocycles. The maximum atomic E-state index is 6.03. The first-order valence-electron chi connectivity index (χ1n) is 6.24. The number of rotatable bonds is 5. The molecule has 1 aromatic carbocycles. The SMILES string of the molecule is CCC(COC)n1c(CCl)nc2cccc(C)c21. The second kappa shape index (κ2) is 5.72. The summed E-state index contributed by atoms with van der Waals surface area (Å²) in [6.45, 7) is 4.95. The summed E-state index contributed by atoms with van der Waals surface area (Å²) in [5.41, 5.74) is 3.42. The van der Waals surface area contributed by atoms with Crippen molar-refractivity contribution in [1.82, 2.24) is 9.55 Å². The fourth-order valence-corrected chi connectivity index (χ4v) is 2.61. The highest BCUT2D eigenvalue weighted by atomic mass is 35.5. The second-order valence-corrected chi connectivity index (χ2v) is 4.76. The lowest BCUT2D eigenvalue weighted by Gasteiger charge is -2.19. The molecule has 0 aliphatic rings. The number of methoxy groups -OCH3 is 1. The summed E-state index contributed by atoms with van der Waals surface area (Å²) < 4.78 is 7.55. The lowest BCUT2D eigenvalue weighted by Crippen LogP contribution is -2.16. The summed E-state index contributed by atoms with van der Waals surface area (Å²) in [5.74, 6) is 1.35. The summed E-state index contributed by atoms with van der Waals surface area (Å²) in [7, 11) is 1.73. The molecule has 0 spiro atoms. The molecular formula is C14H19ClN2O. The number of hydrogen-bond donors (Lipinski definition) is 0. The Bertz CT molecular complexity index is 536. The van der Waals surface area contributed by atoms with Gasteiger partial charge in [0.2, 0.25) is 0 Å². The van der Waals surface area contributed by atoms with Gasteiger partial charge in [-0.05, 0) is 25.0 Å². The van der Waals surface area contributed by atoms with E-state index in [1.807, 2.05) is 12.1 Å². The lowest BCUT2D eigenvalue weighted by atomic mass is 10.1. The molecule has 0 amide bonds. The zero-order chi connectivity index (χ0) is 13.1. The number of halogens is 1. The third-order valence-electron chi connectivity index (χ3n) is 3.30. The molecule has 1 unspecified atom stereocenters. The van der Waals surface area contributed by atoms with Crippen molar-refractivity contribution in [3.63, 3.8) is 0 Å². The van der Waals surface area contributed by atoms with Crippen LogP contribution in [-0.4, -0.2) is 23.3 Å². The molecule has 4 heteroatoms. The number of aromatic nitrogens is 2. The first-order valence-corrected chi connectivity index (χ1v) is 6.77. The van der Waals surface area contributed by atoms with Gasteiger partial charge in [0.25, 0.3) is 0 Å². The van der Waals surface area contributed by atoms with Crippen molar-refractivity contribution in [2.75, 3.05) is 13.7 Å². The van der Waals surface area contributed by atoms with E-state index in [2.05, 4.69) is 29.5 Å². The van der Waals surface area contributed by atoms with Gasteiger partial charge in [0.1, 0.15) is 5.82 Å². The lowest BCUT2D eigenvalue weighted by molar-refractivity contribution is 0.153. The van der Waals surface area contributed by atoms with Gasteiger partial charge >= 0.3 is 0 Å². The second-order valence-electron chi connectivity index (χ2n) is 4.49. The van der Waals surface area contributed by atoms with E-state index in [4.69, 9.17) is 16.3 Å². The summed E-state index contributed by atoms with van der Waals surface area (Å²) in [6.07, 6.45) is 0.998. The van der Waals surface area contributed by atoms with Gasteiger partial charge < -0.3 is 9.30 Å². The van der Waals surface area contributed by atoms with E-state index in [1.165, 1.54) is 11.1 Å². The normalized spacial score (nSPS) is 13.1. The molecule has 0 radical (unpaired) electrons. The first-order chi connectivity index (χ1) is 8.72. The number of aryl methyl sites for hydroxylation is 1. The van der Waals surface area contributed by atoms with Crippen LogP contribution in [0.4, 0.5) is 0 Å². The van der Waals surface area contributed by atoms with Gasteiger partial charge in [-0.15, -0.1) is 11.6 Å². The van der Waals surface area contributed by atoms with Crippen LogP contribution in [0.3, 0.4) is 0 Å². The maximum absolute atomic E-state index is 6.03. The number of imidazole rings is 1. The third-order valence-corrected chi connectivity index (χ3v) is 3.54. The Kier molecular flexibility index (Phi) is 4.25. The van der Waals surface area contributed by atoms with Crippen LogP contribution in [0.2, 0.25) is 0 Å². The minimum Gasteiger partial charge on any atom is -0.383 e. The molecule has 2 rings (SSSR count). The van der Waals surface area contributed by atoms with Crippen LogP contribution in [0.15, 0.2) is 18.2 Å². The third kappa shape index (κ3) is 2.25. The van der Waals surface area contributed by atoms with Crippen LogP contribution in [0.1, 0.15) is 30.8 Å². The number of para-hydroxylation sites is 1. The van der Waals surface area contributed by atoms with Crippen molar-refractivity contribution in [3.8, 4) is 0 Å². The minimum absolute atomic E-state index is 0.287. The van der Waals surface area contributed by atoms with E-state index >= 15 is 0 Å². The van der Waals surface area contributed by atoms with Crippen molar-refractivity contribution in [1.29, 1.82) is 0 Å². The Morgan fingerprint density at radius 3 is 2.83 bits per heavy atom. The number of hydrogen-bond acceptors (Lipinski definition) is 2. The molecule has 0 aliphatic heterocycles. The molecule has 98 valence electrons. The molecular weight excluding hydrogens is 248 g/mol. The fourth-order valence-electron chi connectivity index (χ4n) is 2.42. The predicted octanol–water partition coefficient (Wildman–Crippen LogP) is 3.68. The van der Waals surface area contributed by atoms with Gasteiger partial charge in [0, 0.05) is 7.11 Å². The van der Waals surface area contributed by atoms with E-state index in [0.29, 0.717) is 12.5 Å². The van der Waals surface area contributed by atoms with Crippen molar-refractivity contribution in [3.05, 3.63) is 29.6 Å². The molecule has 0 bridgehead atoms. The van der Waals surface area contributed by atoms with Crippen molar-refractivity contribution >= 4 is 22.6 Å². The van der Waals surface area contributed by atoms with E-state index in [-0.39, 0.29) is 6.04 Å². The van der Waals surface area contributed by atoms with Gasteiger partial charge in [-0.25, -0.2) is 4.98 Å². The Balaban J connectivity index is 2.65. The smallest absolute Gasteiger partial charge is 0.125 e. The van der Waals surface area contributed by atoms with E-state index in [9.17, 15) is 0 Å². The highest BCUT2D eigenvalue weighted by Gasteiger charge is 2.18. The van der Waals surface area contributed by atoms with Crippen molar-refractivity contribution in [2.24, 2.45) is 0 Å². The van der Waals surface area contributed by atoms with Gasteiger partial charge in [0.05, 0.1) is 29.6 Å². The molecule has 0 saturated carbocycles. The average Bonchev–Trinajstić information content (AvgIpc) is 2.76. The first kappa shape index (κ1) is 13.4. The number of nitrogens with zero attached hydrogens (tertiary/aromatic N) is 2. The molecule has 2 aromatic rings. The zero-order valence-electron chi connectivity index (χ0n) is 11.1. The highest BCUT2D eigenvalue weighted by molar-refractivity contribution is 6.16. The molecule has 1 atom stereocenters. The summed E-state index contributed by atoms with van der Waals surface area (Å²) in [6, 6.07) is 6.46. The van der Waals surface area contributed by atoms with E-state index in [1.54, 1.807) is 7.11 Å². The van der Waals surface area contributed by atoms with Gasteiger partial charge in [0.15, 0.2) is 0 Å². The molecule has 0 saturated heterocycles. The molecule has 0 N–H and O–H groups in total. The van der Waals surface area contributed by atoms with Crippen LogP contribution >= 0.6 is 11.6 Å². The molecule has 0 fully saturated rings. The van der Waals surface area contributed by atoms with Crippen LogP contribution in [0, 0.1) is 6.92 Å². The van der Waals surface area contributed by atoms with E-state index < -0.39 is 0 Å². The average molecular weight is 267 g/mol. The summed E-state index contributed by atoms with van der Waals surface area (Å²) in [5, 5.41) is 0.